The molecule has 21 heavy (non-hydrogen) atoms. The van der Waals surface area contributed by atoms with Crippen LogP contribution >= 0.6 is 0 Å². The molecule has 0 unspecified atom stereocenters. The van der Waals surface area contributed by atoms with Crippen molar-refractivity contribution >= 4 is 10.4 Å². The fraction of sp³-hybridized carbons (Fsp3) is 1.00. The Bertz CT molecular complexity index is 273. The second-order valence-electron chi connectivity index (χ2n) is 4.88. The van der Waals surface area contributed by atoms with E-state index in [0.717, 1.165) is 57.8 Å². The predicted molar refractivity (Wildman–Crippen MR) is 83.5 cm³/mol. The topological polar surface area (TPSA) is 104 Å². The van der Waals surface area contributed by atoms with E-state index in [1.54, 1.807) is 0 Å². The summed E-state index contributed by atoms with van der Waals surface area (Å²) in [5.41, 5.74) is 0. The van der Waals surface area contributed by atoms with E-state index in [1.165, 1.54) is 0 Å². The molecule has 6 nitrogen and oxygen atoms in total. The van der Waals surface area contributed by atoms with Gasteiger partial charge in [-0.3, -0.25) is 4.55 Å². The molecule has 0 atom stereocenters. The van der Waals surface area contributed by atoms with Crippen LogP contribution in [0.25, 0.3) is 0 Å². The second-order valence-corrected chi connectivity index (χ2v) is 5.97. The predicted octanol–water partition coefficient (Wildman–Crippen LogP) is 2.70. The van der Waals surface area contributed by atoms with E-state index in [9.17, 15) is 8.42 Å². The Kier molecular flexibility index (Phi) is 19.6. The Labute approximate surface area is 129 Å². The number of rotatable bonds is 13. The summed E-state index contributed by atoms with van der Waals surface area (Å²) in [5, 5.41) is 16.7. The van der Waals surface area contributed by atoms with Crippen LogP contribution in [0.4, 0.5) is 0 Å². The molecule has 0 radical (unpaired) electrons. The molecule has 0 heterocycles. The lowest BCUT2D eigenvalue weighted by Gasteiger charge is -1.99. The van der Waals surface area contributed by atoms with Crippen LogP contribution in [-0.4, -0.2) is 43.0 Å². The van der Waals surface area contributed by atoms with Gasteiger partial charge >= 0.3 is 10.4 Å². The highest BCUT2D eigenvalue weighted by molar-refractivity contribution is 7.80. The van der Waals surface area contributed by atoms with Crippen LogP contribution in [0.2, 0.25) is 0 Å². The van der Waals surface area contributed by atoms with Crippen molar-refractivity contribution in [3.8, 4) is 0 Å². The maximum Gasteiger partial charge on any atom is 0.397 e. The molecule has 0 amide bonds. The Morgan fingerprint density at radius 1 is 0.762 bits per heavy atom. The van der Waals surface area contributed by atoms with Crippen molar-refractivity contribution < 1.29 is 27.4 Å². The summed E-state index contributed by atoms with van der Waals surface area (Å²) in [5.74, 6) is 0. The van der Waals surface area contributed by atoms with Gasteiger partial charge in [0, 0.05) is 13.2 Å². The minimum Gasteiger partial charge on any atom is -0.396 e. The highest BCUT2D eigenvalue weighted by Crippen LogP contribution is 2.03. The molecule has 0 rings (SSSR count). The Morgan fingerprint density at radius 2 is 1.19 bits per heavy atom. The van der Waals surface area contributed by atoms with Crippen LogP contribution in [0, 0.1) is 0 Å². The monoisotopic (exact) mass is 328 g/mol. The van der Waals surface area contributed by atoms with Crippen LogP contribution < -0.4 is 0 Å². The molecular weight excluding hydrogens is 296 g/mol. The molecule has 0 spiro atoms. The second kappa shape index (κ2) is 17.8. The van der Waals surface area contributed by atoms with Crippen LogP contribution in [0.5, 0.6) is 0 Å². The maximum atomic E-state index is 10.1. The Balaban J connectivity index is 0. The van der Waals surface area contributed by atoms with Gasteiger partial charge in [0.15, 0.2) is 0 Å². The normalized spacial score (nSPS) is 11.0. The number of unbranched alkanes of at least 4 members (excludes halogenated alkanes) is 8. The van der Waals surface area contributed by atoms with Crippen molar-refractivity contribution in [2.24, 2.45) is 0 Å². The van der Waals surface area contributed by atoms with Crippen molar-refractivity contribution in [1.82, 2.24) is 0 Å². The molecule has 0 aliphatic rings. The Hall–Kier alpha value is -0.210. The maximum absolute atomic E-state index is 10.1. The van der Waals surface area contributed by atoms with E-state index in [1.807, 2.05) is 0 Å². The summed E-state index contributed by atoms with van der Waals surface area (Å²) in [7, 11) is -4.22. The molecule has 0 fully saturated rings. The van der Waals surface area contributed by atoms with E-state index in [2.05, 4.69) is 11.1 Å². The number of hydrogen-bond acceptors (Lipinski definition) is 5. The molecule has 0 aliphatic heterocycles. The van der Waals surface area contributed by atoms with Gasteiger partial charge in [0.25, 0.3) is 0 Å². The molecular formula is C14H32O6S. The minimum atomic E-state index is -4.22. The van der Waals surface area contributed by atoms with Crippen molar-refractivity contribution in [3.05, 3.63) is 0 Å². The molecule has 0 bridgehead atoms. The van der Waals surface area contributed by atoms with E-state index in [-0.39, 0.29) is 6.61 Å². The SMILES string of the molecule is CCCCCCCOS(=O)(=O)O.OCCCCCCCO. The molecule has 7 heteroatoms. The van der Waals surface area contributed by atoms with Gasteiger partial charge < -0.3 is 10.2 Å². The standard InChI is InChI=1S/C7H16O4S.C7H16O2/c1-2-3-4-5-6-7-11-12(8,9)10;8-6-4-2-1-3-5-7-9/h2-7H2,1H3,(H,8,9,10);8-9H,1-7H2. The quantitative estimate of drug-likeness (QED) is 0.355. The first-order valence-electron chi connectivity index (χ1n) is 7.81. The highest BCUT2D eigenvalue weighted by Gasteiger charge is 2.02. The van der Waals surface area contributed by atoms with E-state index >= 15 is 0 Å². The first-order chi connectivity index (χ1) is 9.97. The van der Waals surface area contributed by atoms with Gasteiger partial charge in [0.1, 0.15) is 0 Å². The van der Waals surface area contributed by atoms with Crippen molar-refractivity contribution in [2.45, 2.75) is 71.1 Å². The zero-order valence-corrected chi connectivity index (χ0v) is 14.0. The summed E-state index contributed by atoms with van der Waals surface area (Å²) < 4.78 is 32.4. The third kappa shape index (κ3) is 28.6. The van der Waals surface area contributed by atoms with Gasteiger partial charge in [-0.1, -0.05) is 51.9 Å². The smallest absolute Gasteiger partial charge is 0.396 e. The van der Waals surface area contributed by atoms with E-state index in [4.69, 9.17) is 14.8 Å². The summed E-state index contributed by atoms with van der Waals surface area (Å²) >= 11 is 0. The van der Waals surface area contributed by atoms with Crippen LogP contribution in [0.1, 0.15) is 71.1 Å². The fourth-order valence-electron chi connectivity index (χ4n) is 1.62. The lowest BCUT2D eigenvalue weighted by Crippen LogP contribution is -2.04. The minimum absolute atomic E-state index is 0.0859. The average Bonchev–Trinajstić information content (AvgIpc) is 2.42. The molecule has 0 aromatic carbocycles. The third-order valence-electron chi connectivity index (χ3n) is 2.80. The lowest BCUT2D eigenvalue weighted by molar-refractivity contribution is 0.261. The first-order valence-corrected chi connectivity index (χ1v) is 9.18. The summed E-state index contributed by atoms with van der Waals surface area (Å²) in [6.45, 7) is 2.80. The van der Waals surface area contributed by atoms with Crippen LogP contribution in [-0.2, 0) is 14.6 Å². The number of hydrogen-bond donors (Lipinski definition) is 3. The Morgan fingerprint density at radius 3 is 1.62 bits per heavy atom. The molecule has 0 saturated carbocycles. The van der Waals surface area contributed by atoms with Gasteiger partial charge in [-0.15, -0.1) is 0 Å². The van der Waals surface area contributed by atoms with E-state index < -0.39 is 10.4 Å². The third-order valence-corrected chi connectivity index (χ3v) is 3.26. The summed E-state index contributed by atoms with van der Waals surface area (Å²) in [6, 6.07) is 0. The largest absolute Gasteiger partial charge is 0.397 e. The molecule has 0 aromatic heterocycles. The van der Waals surface area contributed by atoms with E-state index in [0.29, 0.717) is 19.6 Å². The van der Waals surface area contributed by atoms with Gasteiger partial charge in [-0.2, -0.15) is 8.42 Å². The van der Waals surface area contributed by atoms with Gasteiger partial charge in [0.2, 0.25) is 0 Å². The first kappa shape index (κ1) is 23.1. The molecule has 0 aromatic rings. The van der Waals surface area contributed by atoms with Gasteiger partial charge in [-0.05, 0) is 19.3 Å². The van der Waals surface area contributed by atoms with Crippen LogP contribution in [0.3, 0.4) is 0 Å². The van der Waals surface area contributed by atoms with Crippen molar-refractivity contribution in [3.63, 3.8) is 0 Å². The molecule has 0 saturated heterocycles. The zero-order valence-electron chi connectivity index (χ0n) is 13.2. The van der Waals surface area contributed by atoms with Crippen LogP contribution in [0.15, 0.2) is 0 Å². The van der Waals surface area contributed by atoms with Gasteiger partial charge in [-0.25, -0.2) is 4.18 Å². The fourth-order valence-corrected chi connectivity index (χ4v) is 1.95. The molecule has 0 aliphatic carbocycles. The summed E-state index contributed by atoms with van der Waals surface area (Å²) in [6.07, 6.45) is 10.2. The number of aliphatic hydroxyl groups is 2. The zero-order chi connectivity index (χ0) is 16.4. The molecule has 130 valence electrons. The lowest BCUT2D eigenvalue weighted by atomic mass is 10.2. The average molecular weight is 328 g/mol. The van der Waals surface area contributed by atoms with Gasteiger partial charge in [0.05, 0.1) is 6.61 Å². The van der Waals surface area contributed by atoms with Crippen molar-refractivity contribution in [1.29, 1.82) is 0 Å². The summed E-state index contributed by atoms with van der Waals surface area (Å²) in [4.78, 5) is 0. The molecule has 3 N–H and O–H groups in total. The van der Waals surface area contributed by atoms with Crippen molar-refractivity contribution in [2.75, 3.05) is 19.8 Å². The highest BCUT2D eigenvalue weighted by atomic mass is 32.3. The number of aliphatic hydroxyl groups excluding tert-OH is 2.